The summed E-state index contributed by atoms with van der Waals surface area (Å²) in [5.74, 6) is 0.358. The second-order valence-corrected chi connectivity index (χ2v) is 9.37. The van der Waals surface area contributed by atoms with Gasteiger partial charge >= 0.3 is 6.61 Å². The zero-order valence-corrected chi connectivity index (χ0v) is 21.4. The highest BCUT2D eigenvalue weighted by atomic mass is 35.5. The van der Waals surface area contributed by atoms with E-state index in [0.29, 0.717) is 35.9 Å². The van der Waals surface area contributed by atoms with Gasteiger partial charge in [-0.2, -0.15) is 8.78 Å². The monoisotopic (exact) mass is 554 g/mol. The summed E-state index contributed by atoms with van der Waals surface area (Å²) < 4.78 is 36.2. The molecule has 0 spiro atoms. The molecule has 5 rings (SSSR count). The lowest BCUT2D eigenvalue weighted by Crippen LogP contribution is -2.45. The van der Waals surface area contributed by atoms with Crippen LogP contribution < -0.4 is 20.7 Å². The SMILES string of the molecule is O=C(NCc1c(Cl)cccc1OC(F)F)c1cccc(NC2(c3nnc(-c4ccncc4)o3)CCNCC2)c1. The first-order chi connectivity index (χ1) is 18.9. The number of amides is 1. The van der Waals surface area contributed by atoms with Gasteiger partial charge in [-0.25, -0.2) is 0 Å². The van der Waals surface area contributed by atoms with Crippen molar-refractivity contribution >= 4 is 23.2 Å². The van der Waals surface area contributed by atoms with Crippen molar-refractivity contribution in [3.63, 3.8) is 0 Å². The lowest BCUT2D eigenvalue weighted by atomic mass is 9.87. The molecular weight excluding hydrogens is 530 g/mol. The van der Waals surface area contributed by atoms with Crippen molar-refractivity contribution in [3.8, 4) is 17.2 Å². The second-order valence-electron chi connectivity index (χ2n) is 8.96. The second kappa shape index (κ2) is 11.7. The van der Waals surface area contributed by atoms with E-state index < -0.39 is 18.1 Å². The Morgan fingerprint density at radius 2 is 1.87 bits per heavy atom. The first-order valence-electron chi connectivity index (χ1n) is 12.3. The average molecular weight is 555 g/mol. The van der Waals surface area contributed by atoms with Gasteiger partial charge in [0.2, 0.25) is 11.8 Å². The third-order valence-corrected chi connectivity index (χ3v) is 6.80. The number of alkyl halides is 2. The highest BCUT2D eigenvalue weighted by molar-refractivity contribution is 6.31. The van der Waals surface area contributed by atoms with E-state index in [2.05, 4.69) is 35.9 Å². The molecule has 9 nitrogen and oxygen atoms in total. The Morgan fingerprint density at radius 1 is 1.10 bits per heavy atom. The first kappa shape index (κ1) is 26.5. The van der Waals surface area contributed by atoms with Crippen LogP contribution in [0.15, 0.2) is 71.4 Å². The van der Waals surface area contributed by atoms with Gasteiger partial charge < -0.3 is 25.1 Å². The predicted octanol–water partition coefficient (Wildman–Crippen LogP) is 5.01. The van der Waals surface area contributed by atoms with E-state index in [4.69, 9.17) is 16.0 Å². The third kappa shape index (κ3) is 6.15. The molecule has 0 bridgehead atoms. The van der Waals surface area contributed by atoms with Gasteiger partial charge in [-0.1, -0.05) is 23.7 Å². The number of piperidine rings is 1. The fourth-order valence-corrected chi connectivity index (χ4v) is 4.71. The summed E-state index contributed by atoms with van der Waals surface area (Å²) in [5, 5.41) is 18.4. The molecule has 1 aliphatic heterocycles. The first-order valence-corrected chi connectivity index (χ1v) is 12.6. The number of halogens is 3. The van der Waals surface area contributed by atoms with Gasteiger partial charge in [-0.3, -0.25) is 9.78 Å². The van der Waals surface area contributed by atoms with Gasteiger partial charge in [0.15, 0.2) is 0 Å². The summed E-state index contributed by atoms with van der Waals surface area (Å²) >= 11 is 6.18. The fraction of sp³-hybridized carbons (Fsp3) is 0.259. The molecule has 1 aliphatic rings. The summed E-state index contributed by atoms with van der Waals surface area (Å²) in [6.07, 6.45) is 4.68. The van der Waals surface area contributed by atoms with E-state index in [1.54, 1.807) is 48.8 Å². The van der Waals surface area contributed by atoms with E-state index >= 15 is 0 Å². The lowest BCUT2D eigenvalue weighted by molar-refractivity contribution is -0.0504. The number of hydrogen-bond donors (Lipinski definition) is 3. The van der Waals surface area contributed by atoms with E-state index in [1.165, 1.54) is 12.1 Å². The van der Waals surface area contributed by atoms with Crippen molar-refractivity contribution < 1.29 is 22.7 Å². The smallest absolute Gasteiger partial charge is 0.387 e. The minimum absolute atomic E-state index is 0.0897. The minimum atomic E-state index is -3.01. The average Bonchev–Trinajstić information content (AvgIpc) is 3.45. The number of ether oxygens (including phenoxy) is 1. The van der Waals surface area contributed by atoms with Gasteiger partial charge in [0, 0.05) is 46.3 Å². The van der Waals surface area contributed by atoms with Crippen LogP contribution in [0.3, 0.4) is 0 Å². The van der Waals surface area contributed by atoms with Crippen LogP contribution in [0.25, 0.3) is 11.5 Å². The van der Waals surface area contributed by atoms with Crippen molar-refractivity contribution in [1.82, 2.24) is 25.8 Å². The summed E-state index contributed by atoms with van der Waals surface area (Å²) in [4.78, 5) is 17.0. The maximum atomic E-state index is 13.0. The molecular formula is C27H25ClF2N6O3. The van der Waals surface area contributed by atoms with Gasteiger partial charge in [0.05, 0.1) is 0 Å². The molecule has 3 N–H and O–H groups in total. The van der Waals surface area contributed by atoms with E-state index in [-0.39, 0.29) is 22.9 Å². The number of nitrogens with zero attached hydrogens (tertiary/aromatic N) is 3. The Labute approximate surface area is 227 Å². The van der Waals surface area contributed by atoms with E-state index in [0.717, 1.165) is 18.7 Å². The molecule has 1 fully saturated rings. The highest BCUT2D eigenvalue weighted by Gasteiger charge is 2.39. The van der Waals surface area contributed by atoms with Crippen LogP contribution in [-0.2, 0) is 12.1 Å². The molecule has 12 heteroatoms. The van der Waals surface area contributed by atoms with Crippen molar-refractivity contribution in [3.05, 3.63) is 89.0 Å². The topological polar surface area (TPSA) is 114 Å². The quantitative estimate of drug-likeness (QED) is 0.265. The Balaban J connectivity index is 1.34. The zero-order valence-electron chi connectivity index (χ0n) is 20.7. The molecule has 0 aliphatic carbocycles. The summed E-state index contributed by atoms with van der Waals surface area (Å²) in [6, 6.07) is 15.0. The summed E-state index contributed by atoms with van der Waals surface area (Å²) in [6.45, 7) is -1.63. The molecule has 0 radical (unpaired) electrons. The van der Waals surface area contributed by atoms with Gasteiger partial charge in [-0.05, 0) is 68.4 Å². The van der Waals surface area contributed by atoms with Gasteiger partial charge in [0.25, 0.3) is 5.91 Å². The normalized spacial score (nSPS) is 14.7. The van der Waals surface area contributed by atoms with Crippen molar-refractivity contribution in [2.45, 2.75) is 31.5 Å². The number of anilines is 1. The number of nitrogens with one attached hydrogen (secondary N) is 3. The number of aromatic nitrogens is 3. The Hall–Kier alpha value is -4.09. The van der Waals surface area contributed by atoms with E-state index in [1.807, 2.05) is 6.07 Å². The largest absolute Gasteiger partial charge is 0.434 e. The van der Waals surface area contributed by atoms with Crippen molar-refractivity contribution in [2.24, 2.45) is 0 Å². The molecule has 3 heterocycles. The third-order valence-electron chi connectivity index (χ3n) is 6.44. The van der Waals surface area contributed by atoms with Crippen LogP contribution >= 0.6 is 11.6 Å². The molecule has 0 atom stereocenters. The molecule has 202 valence electrons. The minimum Gasteiger partial charge on any atom is -0.434 e. The zero-order chi connectivity index (χ0) is 27.2. The van der Waals surface area contributed by atoms with Crippen molar-refractivity contribution in [1.29, 1.82) is 0 Å². The van der Waals surface area contributed by atoms with Crippen LogP contribution in [-0.4, -0.2) is 40.8 Å². The van der Waals surface area contributed by atoms with Crippen LogP contribution in [0.5, 0.6) is 5.75 Å². The lowest BCUT2D eigenvalue weighted by Gasteiger charge is -2.36. The molecule has 1 amide bonds. The number of pyridine rings is 1. The summed E-state index contributed by atoms with van der Waals surface area (Å²) in [7, 11) is 0. The predicted molar refractivity (Wildman–Crippen MR) is 141 cm³/mol. The van der Waals surface area contributed by atoms with Gasteiger partial charge in [0.1, 0.15) is 11.3 Å². The molecule has 39 heavy (non-hydrogen) atoms. The number of rotatable bonds is 9. The Kier molecular flexibility index (Phi) is 7.99. The van der Waals surface area contributed by atoms with Crippen molar-refractivity contribution in [2.75, 3.05) is 18.4 Å². The molecule has 1 saturated heterocycles. The number of carbonyl (C=O) groups excluding carboxylic acids is 1. The van der Waals surface area contributed by atoms with Crippen LogP contribution in [0.4, 0.5) is 14.5 Å². The Bertz CT molecular complexity index is 1430. The summed E-state index contributed by atoms with van der Waals surface area (Å²) in [5.41, 5.74) is 1.45. The molecule has 2 aromatic carbocycles. The standard InChI is InChI=1S/C27H25ClF2N6O3/c28-21-5-2-6-22(38-26(29)30)20(21)16-33-23(37)18-3-1-4-19(15-18)34-27(9-13-32-14-10-27)25-36-35-24(39-25)17-7-11-31-12-8-17/h1-8,11-12,15,26,32,34H,9-10,13-14,16H2,(H,33,37). The molecule has 0 unspecified atom stereocenters. The number of carbonyl (C=O) groups is 1. The number of benzene rings is 2. The van der Waals surface area contributed by atoms with E-state index in [9.17, 15) is 13.6 Å². The molecule has 0 saturated carbocycles. The number of hydrogen-bond acceptors (Lipinski definition) is 8. The maximum Gasteiger partial charge on any atom is 0.387 e. The maximum absolute atomic E-state index is 13.0. The Morgan fingerprint density at radius 3 is 2.64 bits per heavy atom. The van der Waals surface area contributed by atoms with Crippen LogP contribution in [0.2, 0.25) is 5.02 Å². The fourth-order valence-electron chi connectivity index (χ4n) is 4.48. The van der Waals surface area contributed by atoms with Crippen LogP contribution in [0.1, 0.15) is 34.7 Å². The van der Waals surface area contributed by atoms with Crippen LogP contribution in [0, 0.1) is 0 Å². The van der Waals surface area contributed by atoms with Gasteiger partial charge in [-0.15, -0.1) is 10.2 Å². The molecule has 2 aromatic heterocycles. The molecule has 4 aromatic rings. The highest BCUT2D eigenvalue weighted by Crippen LogP contribution is 2.35.